The maximum absolute atomic E-state index is 12.4. The SMILES string of the molecule is CC(=O)c1ccc(NC(=O)OC2COC3C(Nc4nccc(-c5ccc(N(C)C)cc5)n4)COC23)cc1. The molecule has 1 amide bonds. The Kier molecular flexibility index (Phi) is 7.02. The minimum atomic E-state index is -0.610. The van der Waals surface area contributed by atoms with Crippen LogP contribution < -0.4 is 15.5 Å². The summed E-state index contributed by atoms with van der Waals surface area (Å²) in [5, 5.41) is 5.99. The van der Waals surface area contributed by atoms with Crippen LogP contribution in [0.4, 0.5) is 22.1 Å². The van der Waals surface area contributed by atoms with Gasteiger partial charge in [-0.2, -0.15) is 0 Å². The number of ether oxygens (including phenoxy) is 3. The molecule has 3 heterocycles. The van der Waals surface area contributed by atoms with Crippen LogP contribution >= 0.6 is 0 Å². The van der Waals surface area contributed by atoms with E-state index in [4.69, 9.17) is 14.2 Å². The molecule has 0 saturated carbocycles. The normalized spacial score (nSPS) is 22.2. The molecule has 2 fully saturated rings. The predicted molar refractivity (Wildman–Crippen MR) is 139 cm³/mol. The Bertz CT molecular complexity index is 1260. The van der Waals surface area contributed by atoms with Gasteiger partial charge in [0, 0.05) is 42.8 Å². The van der Waals surface area contributed by atoms with Crippen molar-refractivity contribution in [3.05, 3.63) is 66.4 Å². The number of ketones is 1. The Morgan fingerprint density at radius 3 is 2.41 bits per heavy atom. The lowest BCUT2D eigenvalue weighted by Crippen LogP contribution is -2.38. The van der Waals surface area contributed by atoms with Crippen molar-refractivity contribution in [3.8, 4) is 11.3 Å². The van der Waals surface area contributed by atoms with Crippen molar-refractivity contribution < 1.29 is 23.8 Å². The fourth-order valence-electron chi connectivity index (χ4n) is 4.45. The van der Waals surface area contributed by atoms with Crippen LogP contribution in [0.1, 0.15) is 17.3 Å². The summed E-state index contributed by atoms with van der Waals surface area (Å²) in [6, 6.07) is 16.4. The lowest BCUT2D eigenvalue weighted by molar-refractivity contribution is 0.00917. The first-order valence-electron chi connectivity index (χ1n) is 12.1. The zero-order chi connectivity index (χ0) is 25.9. The van der Waals surface area contributed by atoms with Crippen molar-refractivity contribution in [2.45, 2.75) is 31.3 Å². The second kappa shape index (κ2) is 10.5. The molecule has 4 unspecified atom stereocenters. The van der Waals surface area contributed by atoms with E-state index in [1.165, 1.54) is 6.92 Å². The quantitative estimate of drug-likeness (QED) is 0.467. The fourth-order valence-corrected chi connectivity index (χ4v) is 4.45. The van der Waals surface area contributed by atoms with Crippen LogP contribution in [0.2, 0.25) is 0 Å². The minimum Gasteiger partial charge on any atom is -0.441 e. The molecule has 5 rings (SSSR count). The molecule has 2 aliphatic rings. The van der Waals surface area contributed by atoms with Crippen molar-refractivity contribution in [3.63, 3.8) is 0 Å². The molecule has 4 atom stereocenters. The van der Waals surface area contributed by atoms with Crippen LogP contribution in [0.15, 0.2) is 60.8 Å². The molecule has 10 heteroatoms. The van der Waals surface area contributed by atoms with E-state index in [0.29, 0.717) is 23.8 Å². The highest BCUT2D eigenvalue weighted by Gasteiger charge is 2.49. The van der Waals surface area contributed by atoms with Gasteiger partial charge in [0.15, 0.2) is 11.9 Å². The summed E-state index contributed by atoms with van der Waals surface area (Å²) in [6.45, 7) is 2.08. The zero-order valence-corrected chi connectivity index (χ0v) is 20.9. The Morgan fingerprint density at radius 2 is 1.70 bits per heavy atom. The van der Waals surface area contributed by atoms with E-state index >= 15 is 0 Å². The molecule has 1 aromatic heterocycles. The minimum absolute atomic E-state index is 0.0411. The van der Waals surface area contributed by atoms with Gasteiger partial charge in [-0.15, -0.1) is 0 Å². The van der Waals surface area contributed by atoms with Gasteiger partial charge in [0.25, 0.3) is 0 Å². The standard InChI is InChI=1S/C27H29N5O5/c1-16(33)17-4-8-19(9-5-17)29-27(34)37-23-15-36-24-22(14-35-25(23)24)31-26-28-13-12-21(30-26)18-6-10-20(11-7-18)32(2)3/h4-13,22-25H,14-15H2,1-3H3,(H,29,34)(H,28,30,31). The molecule has 0 aliphatic carbocycles. The highest BCUT2D eigenvalue weighted by Crippen LogP contribution is 2.31. The zero-order valence-electron chi connectivity index (χ0n) is 20.9. The van der Waals surface area contributed by atoms with Crippen molar-refractivity contribution in [2.24, 2.45) is 0 Å². The van der Waals surface area contributed by atoms with Gasteiger partial charge in [0.2, 0.25) is 5.95 Å². The predicted octanol–water partition coefficient (Wildman–Crippen LogP) is 3.61. The van der Waals surface area contributed by atoms with E-state index in [2.05, 4.69) is 20.6 Å². The number of aromatic nitrogens is 2. The smallest absolute Gasteiger partial charge is 0.412 e. The van der Waals surface area contributed by atoms with Gasteiger partial charge in [-0.25, -0.2) is 14.8 Å². The molecule has 37 heavy (non-hydrogen) atoms. The number of nitrogens with zero attached hydrogens (tertiary/aromatic N) is 3. The number of nitrogens with one attached hydrogen (secondary N) is 2. The number of hydrogen-bond acceptors (Lipinski definition) is 9. The molecule has 0 bridgehead atoms. The molecule has 0 radical (unpaired) electrons. The average Bonchev–Trinajstić information content (AvgIpc) is 3.48. The molecule has 192 valence electrons. The van der Waals surface area contributed by atoms with Crippen molar-refractivity contribution >= 4 is 29.2 Å². The van der Waals surface area contributed by atoms with E-state index in [0.717, 1.165) is 16.9 Å². The number of hydrogen-bond donors (Lipinski definition) is 2. The molecular weight excluding hydrogens is 474 g/mol. The summed E-state index contributed by atoms with van der Waals surface area (Å²) in [4.78, 5) is 34.9. The van der Waals surface area contributed by atoms with E-state index < -0.39 is 18.3 Å². The molecule has 2 aliphatic heterocycles. The number of fused-ring (bicyclic) bond motifs is 1. The molecular formula is C27H29N5O5. The largest absolute Gasteiger partial charge is 0.441 e. The maximum atomic E-state index is 12.4. The number of benzene rings is 2. The van der Waals surface area contributed by atoms with Crippen LogP contribution in [0.5, 0.6) is 0 Å². The summed E-state index contributed by atoms with van der Waals surface area (Å²) >= 11 is 0. The second-order valence-corrected chi connectivity index (χ2v) is 9.26. The van der Waals surface area contributed by atoms with Gasteiger partial charge in [-0.1, -0.05) is 12.1 Å². The van der Waals surface area contributed by atoms with Gasteiger partial charge in [0.1, 0.15) is 12.2 Å². The number of rotatable bonds is 7. The van der Waals surface area contributed by atoms with Gasteiger partial charge >= 0.3 is 6.09 Å². The Morgan fingerprint density at radius 1 is 0.973 bits per heavy atom. The Balaban J connectivity index is 1.17. The third kappa shape index (κ3) is 5.55. The van der Waals surface area contributed by atoms with Gasteiger partial charge in [-0.3, -0.25) is 10.1 Å². The van der Waals surface area contributed by atoms with Crippen LogP contribution in [-0.2, 0) is 14.2 Å². The third-order valence-electron chi connectivity index (χ3n) is 6.45. The average molecular weight is 504 g/mol. The Labute approximate surface area is 215 Å². The maximum Gasteiger partial charge on any atom is 0.412 e. The van der Waals surface area contributed by atoms with Crippen LogP contribution in [0.25, 0.3) is 11.3 Å². The summed E-state index contributed by atoms with van der Waals surface area (Å²) in [5.74, 6) is 0.434. The lowest BCUT2D eigenvalue weighted by Gasteiger charge is -2.18. The summed E-state index contributed by atoms with van der Waals surface area (Å²) in [5.41, 5.74) is 4.01. The number of amides is 1. The Hall–Kier alpha value is -4.02. The molecule has 2 saturated heterocycles. The first kappa shape index (κ1) is 24.7. The van der Waals surface area contributed by atoms with E-state index in [1.807, 2.05) is 49.3 Å². The molecule has 10 nitrogen and oxygen atoms in total. The molecule has 0 spiro atoms. The van der Waals surface area contributed by atoms with Crippen LogP contribution in [-0.4, -0.2) is 73.5 Å². The molecule has 3 aromatic rings. The summed E-state index contributed by atoms with van der Waals surface area (Å²) in [7, 11) is 4.00. The third-order valence-corrected chi connectivity index (χ3v) is 6.45. The summed E-state index contributed by atoms with van der Waals surface area (Å²) < 4.78 is 17.4. The second-order valence-electron chi connectivity index (χ2n) is 9.26. The van der Waals surface area contributed by atoms with Crippen molar-refractivity contribution in [2.75, 3.05) is 42.8 Å². The fraction of sp³-hybridized carbons (Fsp3) is 0.333. The molecule has 2 N–H and O–H groups in total. The summed E-state index contributed by atoms with van der Waals surface area (Å²) in [6.07, 6.45) is -0.145. The van der Waals surface area contributed by atoms with Crippen molar-refractivity contribution in [1.29, 1.82) is 0 Å². The number of carbonyl (C=O) groups excluding carboxylic acids is 2. The van der Waals surface area contributed by atoms with Gasteiger partial charge < -0.3 is 24.4 Å². The van der Waals surface area contributed by atoms with E-state index in [-0.39, 0.29) is 24.5 Å². The highest BCUT2D eigenvalue weighted by molar-refractivity contribution is 5.95. The number of Topliss-reactive ketones (excluding diaryl/α,β-unsaturated/α-hetero) is 1. The number of carbonyl (C=O) groups is 2. The van der Waals surface area contributed by atoms with Crippen LogP contribution in [0, 0.1) is 0 Å². The van der Waals surface area contributed by atoms with Gasteiger partial charge in [0.05, 0.1) is 24.9 Å². The highest BCUT2D eigenvalue weighted by atomic mass is 16.6. The lowest BCUT2D eigenvalue weighted by atomic mass is 10.1. The van der Waals surface area contributed by atoms with Crippen LogP contribution in [0.3, 0.4) is 0 Å². The first-order valence-corrected chi connectivity index (χ1v) is 12.1. The van der Waals surface area contributed by atoms with Crippen molar-refractivity contribution in [1.82, 2.24) is 9.97 Å². The first-order chi connectivity index (χ1) is 17.9. The van der Waals surface area contributed by atoms with E-state index in [9.17, 15) is 9.59 Å². The molecule has 2 aromatic carbocycles. The van der Waals surface area contributed by atoms with E-state index in [1.54, 1.807) is 30.5 Å². The topological polar surface area (TPSA) is 115 Å². The van der Waals surface area contributed by atoms with Gasteiger partial charge in [-0.05, 0) is 49.4 Å². The monoisotopic (exact) mass is 503 g/mol. The number of anilines is 3.